The maximum atomic E-state index is 12.8. The molecular formula is C19H25N5O2. The minimum atomic E-state index is -0.326. The van der Waals surface area contributed by atoms with Crippen LogP contribution in [0.4, 0.5) is 5.82 Å². The molecule has 0 saturated heterocycles. The number of rotatable bonds is 3. The van der Waals surface area contributed by atoms with Gasteiger partial charge in [0.05, 0.1) is 17.3 Å². The summed E-state index contributed by atoms with van der Waals surface area (Å²) in [7, 11) is 0. The van der Waals surface area contributed by atoms with Crippen LogP contribution in [0.2, 0.25) is 0 Å². The van der Waals surface area contributed by atoms with Gasteiger partial charge in [0.2, 0.25) is 5.91 Å². The number of hydrogen-bond donors (Lipinski definition) is 2. The summed E-state index contributed by atoms with van der Waals surface area (Å²) in [6.45, 7) is 4.06. The molecule has 1 atom stereocenters. The Morgan fingerprint density at radius 2 is 1.96 bits per heavy atom. The average Bonchev–Trinajstić information content (AvgIpc) is 2.98. The van der Waals surface area contributed by atoms with Gasteiger partial charge in [-0.25, -0.2) is 9.97 Å². The number of nitrogens with zero attached hydrogens (tertiary/aromatic N) is 3. The van der Waals surface area contributed by atoms with Crippen molar-refractivity contribution in [3.63, 3.8) is 0 Å². The van der Waals surface area contributed by atoms with E-state index in [4.69, 9.17) is 0 Å². The van der Waals surface area contributed by atoms with Crippen LogP contribution in [0.3, 0.4) is 0 Å². The standard InChI is InChI=1S/C19H25N5O2/c1-11(2)17-20-9-8-14(21-17)13-10-15(25)22-18-16(13)19(26)23-24(18)12-6-4-3-5-7-12/h8-9,11-13H,3-7,10H2,1-2H3,(H,22,25)(H,23,26)/t13-/m0/s1. The molecule has 1 aliphatic carbocycles. The monoisotopic (exact) mass is 355 g/mol. The van der Waals surface area contributed by atoms with E-state index in [2.05, 4.69) is 20.4 Å². The van der Waals surface area contributed by atoms with Crippen LogP contribution in [0.15, 0.2) is 17.1 Å². The lowest BCUT2D eigenvalue weighted by molar-refractivity contribution is -0.116. The summed E-state index contributed by atoms with van der Waals surface area (Å²) in [5.74, 6) is 1.16. The summed E-state index contributed by atoms with van der Waals surface area (Å²) in [5.41, 5.74) is 1.25. The molecule has 3 heterocycles. The van der Waals surface area contributed by atoms with Gasteiger partial charge >= 0.3 is 0 Å². The van der Waals surface area contributed by atoms with Crippen LogP contribution in [0.5, 0.6) is 0 Å². The molecule has 26 heavy (non-hydrogen) atoms. The zero-order valence-electron chi connectivity index (χ0n) is 15.3. The Balaban J connectivity index is 1.79. The van der Waals surface area contributed by atoms with Crippen molar-refractivity contribution in [3.8, 4) is 0 Å². The molecule has 0 aromatic carbocycles. The van der Waals surface area contributed by atoms with Crippen molar-refractivity contribution in [1.29, 1.82) is 0 Å². The number of nitrogens with one attached hydrogen (secondary N) is 2. The van der Waals surface area contributed by atoms with E-state index in [1.54, 1.807) is 6.20 Å². The number of aromatic amines is 1. The maximum Gasteiger partial charge on any atom is 0.270 e. The van der Waals surface area contributed by atoms with Crippen LogP contribution in [0.1, 0.15) is 87.3 Å². The molecule has 4 rings (SSSR count). The Bertz CT molecular complexity index is 876. The Kier molecular flexibility index (Phi) is 4.38. The summed E-state index contributed by atoms with van der Waals surface area (Å²) in [6.07, 6.45) is 7.56. The number of carbonyl (C=O) groups is 1. The molecule has 0 unspecified atom stereocenters. The zero-order chi connectivity index (χ0) is 18.3. The van der Waals surface area contributed by atoms with Crippen LogP contribution in [-0.2, 0) is 4.79 Å². The van der Waals surface area contributed by atoms with Gasteiger partial charge in [-0.3, -0.25) is 19.4 Å². The number of anilines is 1. The van der Waals surface area contributed by atoms with Gasteiger partial charge in [0.15, 0.2) is 0 Å². The second kappa shape index (κ2) is 6.70. The van der Waals surface area contributed by atoms with Crippen LogP contribution >= 0.6 is 0 Å². The molecule has 2 aromatic heterocycles. The summed E-state index contributed by atoms with van der Waals surface area (Å²) in [6, 6.07) is 2.06. The second-order valence-electron chi connectivity index (χ2n) is 7.66. The largest absolute Gasteiger partial charge is 0.311 e. The van der Waals surface area contributed by atoms with Gasteiger partial charge in [0.25, 0.3) is 5.56 Å². The van der Waals surface area contributed by atoms with E-state index in [-0.39, 0.29) is 35.8 Å². The predicted octanol–water partition coefficient (Wildman–Crippen LogP) is 3.07. The molecule has 2 aliphatic rings. The normalized spacial score (nSPS) is 20.9. The summed E-state index contributed by atoms with van der Waals surface area (Å²) in [5, 5.41) is 5.92. The molecule has 7 heteroatoms. The van der Waals surface area contributed by atoms with Crippen LogP contribution in [-0.4, -0.2) is 25.7 Å². The quantitative estimate of drug-likeness (QED) is 0.885. The molecule has 0 bridgehead atoms. The van der Waals surface area contributed by atoms with Gasteiger partial charge in [-0.2, -0.15) is 0 Å². The lowest BCUT2D eigenvalue weighted by Crippen LogP contribution is -2.28. The third-order valence-corrected chi connectivity index (χ3v) is 5.47. The molecule has 1 saturated carbocycles. The van der Waals surface area contributed by atoms with Crippen LogP contribution in [0, 0.1) is 0 Å². The first-order valence-electron chi connectivity index (χ1n) is 9.51. The van der Waals surface area contributed by atoms with E-state index in [0.29, 0.717) is 11.4 Å². The first-order chi connectivity index (χ1) is 12.5. The third-order valence-electron chi connectivity index (χ3n) is 5.47. The van der Waals surface area contributed by atoms with Gasteiger partial charge in [0, 0.05) is 24.5 Å². The van der Waals surface area contributed by atoms with Crippen molar-refractivity contribution < 1.29 is 4.79 Å². The molecule has 0 spiro atoms. The minimum absolute atomic E-state index is 0.0734. The molecule has 1 aliphatic heterocycles. The van der Waals surface area contributed by atoms with Crippen LogP contribution in [0.25, 0.3) is 0 Å². The summed E-state index contributed by atoms with van der Waals surface area (Å²) in [4.78, 5) is 34.1. The molecular weight excluding hydrogens is 330 g/mol. The van der Waals surface area contributed by atoms with Crippen molar-refractivity contribution >= 4 is 11.7 Å². The third kappa shape index (κ3) is 2.95. The van der Waals surface area contributed by atoms with E-state index in [1.807, 2.05) is 24.6 Å². The number of amides is 1. The Morgan fingerprint density at radius 3 is 2.69 bits per heavy atom. The fraction of sp³-hybridized carbons (Fsp3) is 0.579. The lowest BCUT2D eigenvalue weighted by atomic mass is 9.90. The average molecular weight is 355 g/mol. The number of aromatic nitrogens is 4. The number of fused-ring (bicyclic) bond motifs is 1. The highest BCUT2D eigenvalue weighted by Gasteiger charge is 2.35. The Labute approximate surface area is 152 Å². The number of hydrogen-bond acceptors (Lipinski definition) is 4. The first-order valence-corrected chi connectivity index (χ1v) is 9.51. The van der Waals surface area contributed by atoms with E-state index < -0.39 is 0 Å². The van der Waals surface area contributed by atoms with Crippen molar-refractivity contribution in [3.05, 3.63) is 39.7 Å². The maximum absolute atomic E-state index is 12.8. The SMILES string of the molecule is CC(C)c1nccc([C@@H]2CC(=O)Nc3c2c(=O)[nH]n3C2CCCCC2)n1. The van der Waals surface area contributed by atoms with E-state index in [0.717, 1.165) is 37.2 Å². The molecule has 1 amide bonds. The van der Waals surface area contributed by atoms with Gasteiger partial charge in [-0.15, -0.1) is 0 Å². The van der Waals surface area contributed by atoms with Gasteiger partial charge in [-0.1, -0.05) is 33.1 Å². The van der Waals surface area contributed by atoms with E-state index in [1.165, 1.54) is 6.42 Å². The van der Waals surface area contributed by atoms with Crippen molar-refractivity contribution in [2.24, 2.45) is 0 Å². The van der Waals surface area contributed by atoms with Crippen LogP contribution < -0.4 is 10.9 Å². The van der Waals surface area contributed by atoms with Gasteiger partial charge < -0.3 is 5.32 Å². The predicted molar refractivity (Wildman–Crippen MR) is 98.4 cm³/mol. The highest BCUT2D eigenvalue weighted by atomic mass is 16.2. The van der Waals surface area contributed by atoms with Crippen molar-refractivity contribution in [2.75, 3.05) is 5.32 Å². The lowest BCUT2D eigenvalue weighted by Gasteiger charge is -2.27. The summed E-state index contributed by atoms with van der Waals surface area (Å²) < 4.78 is 1.89. The molecule has 7 nitrogen and oxygen atoms in total. The molecule has 2 N–H and O–H groups in total. The van der Waals surface area contributed by atoms with Crippen molar-refractivity contribution in [1.82, 2.24) is 19.7 Å². The molecule has 138 valence electrons. The molecule has 0 radical (unpaired) electrons. The van der Waals surface area contributed by atoms with Crippen molar-refractivity contribution in [2.45, 2.75) is 70.3 Å². The first kappa shape index (κ1) is 17.0. The van der Waals surface area contributed by atoms with E-state index in [9.17, 15) is 9.59 Å². The molecule has 2 aromatic rings. The molecule has 1 fully saturated rings. The fourth-order valence-electron chi connectivity index (χ4n) is 4.11. The second-order valence-corrected chi connectivity index (χ2v) is 7.66. The van der Waals surface area contributed by atoms with Gasteiger partial charge in [0.1, 0.15) is 11.6 Å². The zero-order valence-corrected chi connectivity index (χ0v) is 15.3. The topological polar surface area (TPSA) is 92.7 Å². The minimum Gasteiger partial charge on any atom is -0.311 e. The number of H-pyrrole nitrogens is 1. The van der Waals surface area contributed by atoms with E-state index >= 15 is 0 Å². The van der Waals surface area contributed by atoms with Gasteiger partial charge in [-0.05, 0) is 18.9 Å². The highest BCUT2D eigenvalue weighted by Crippen LogP contribution is 2.38. The Morgan fingerprint density at radius 1 is 1.19 bits per heavy atom. The fourth-order valence-corrected chi connectivity index (χ4v) is 4.11. The smallest absolute Gasteiger partial charge is 0.270 e. The highest BCUT2D eigenvalue weighted by molar-refractivity contribution is 5.94. The number of carbonyl (C=O) groups excluding carboxylic acids is 1. The summed E-state index contributed by atoms with van der Waals surface area (Å²) >= 11 is 0. The Hall–Kier alpha value is -2.44.